The van der Waals surface area contributed by atoms with Crippen molar-refractivity contribution in [3.63, 3.8) is 0 Å². The van der Waals surface area contributed by atoms with Gasteiger partial charge >= 0.3 is 5.97 Å². The van der Waals surface area contributed by atoms with Crippen LogP contribution in [0.25, 0.3) is 0 Å². The van der Waals surface area contributed by atoms with Crippen LogP contribution in [0.2, 0.25) is 0 Å². The fraction of sp³-hybridized carbons (Fsp3) is 0.909. The summed E-state index contributed by atoms with van der Waals surface area (Å²) in [5, 5.41) is 12.2. The average molecular weight is 215 g/mol. The Hall–Kier alpha value is -0.610. The van der Waals surface area contributed by atoms with Crippen molar-refractivity contribution in [1.29, 1.82) is 0 Å². The minimum atomic E-state index is -0.758. The van der Waals surface area contributed by atoms with Crippen LogP contribution in [-0.4, -0.2) is 36.4 Å². The Labute approximate surface area is 91.0 Å². The number of rotatable bonds is 5. The predicted octanol–water partition coefficient (Wildman–Crippen LogP) is 1.25. The van der Waals surface area contributed by atoms with Crippen molar-refractivity contribution in [2.24, 2.45) is 5.92 Å². The van der Waals surface area contributed by atoms with Crippen LogP contribution in [-0.2, 0) is 9.53 Å². The van der Waals surface area contributed by atoms with Gasteiger partial charge in [-0.05, 0) is 25.2 Å². The molecule has 0 saturated heterocycles. The first-order chi connectivity index (χ1) is 7.04. The molecule has 1 fully saturated rings. The van der Waals surface area contributed by atoms with Gasteiger partial charge in [-0.25, -0.2) is 0 Å². The van der Waals surface area contributed by atoms with Crippen LogP contribution in [0, 0.1) is 5.92 Å². The molecule has 0 heterocycles. The van der Waals surface area contributed by atoms with Gasteiger partial charge < -0.3 is 15.2 Å². The summed E-state index contributed by atoms with van der Waals surface area (Å²) < 4.78 is 5.26. The van der Waals surface area contributed by atoms with E-state index >= 15 is 0 Å². The Kier molecular flexibility index (Phi) is 4.54. The number of methoxy groups -OCH3 is 1. The van der Waals surface area contributed by atoms with Crippen molar-refractivity contribution >= 4 is 5.97 Å². The number of carboxylic acids is 1. The van der Waals surface area contributed by atoms with Gasteiger partial charge in [-0.15, -0.1) is 0 Å². The Bertz CT molecular complexity index is 218. The van der Waals surface area contributed by atoms with Crippen LogP contribution >= 0.6 is 0 Å². The van der Waals surface area contributed by atoms with Gasteiger partial charge in [0.25, 0.3) is 0 Å². The lowest BCUT2D eigenvalue weighted by Gasteiger charge is -2.22. The number of carbonyl (C=O) groups is 1. The van der Waals surface area contributed by atoms with E-state index in [-0.39, 0.29) is 5.92 Å². The molecule has 3 atom stereocenters. The zero-order valence-electron chi connectivity index (χ0n) is 9.69. The van der Waals surface area contributed by atoms with E-state index in [2.05, 4.69) is 5.32 Å². The molecular weight excluding hydrogens is 194 g/mol. The highest BCUT2D eigenvalue weighted by atomic mass is 16.5. The zero-order chi connectivity index (χ0) is 11.4. The summed E-state index contributed by atoms with van der Waals surface area (Å²) in [7, 11) is 1.71. The molecular formula is C11H21NO3. The van der Waals surface area contributed by atoms with Crippen LogP contribution in [0.15, 0.2) is 0 Å². The molecule has 1 rings (SSSR count). The first-order valence-corrected chi connectivity index (χ1v) is 5.56. The number of hydrogen-bond donors (Lipinski definition) is 2. The van der Waals surface area contributed by atoms with Crippen molar-refractivity contribution in [3.8, 4) is 0 Å². The van der Waals surface area contributed by atoms with E-state index in [0.717, 1.165) is 19.3 Å². The standard InChI is InChI=1S/C11H21NO3/c1-7(2)10(11(13)14)12-8-4-5-9(6-8)15-3/h7-10,12H,4-6H2,1-3H3,(H,13,14). The lowest BCUT2D eigenvalue weighted by molar-refractivity contribution is -0.140. The van der Waals surface area contributed by atoms with E-state index in [1.165, 1.54) is 0 Å². The van der Waals surface area contributed by atoms with Crippen molar-refractivity contribution in [2.75, 3.05) is 7.11 Å². The molecule has 2 N–H and O–H groups in total. The van der Waals surface area contributed by atoms with Crippen LogP contribution in [0.5, 0.6) is 0 Å². The molecule has 3 unspecified atom stereocenters. The largest absolute Gasteiger partial charge is 0.480 e. The zero-order valence-corrected chi connectivity index (χ0v) is 9.69. The maximum absolute atomic E-state index is 11.0. The highest BCUT2D eigenvalue weighted by Gasteiger charge is 2.29. The monoisotopic (exact) mass is 215 g/mol. The van der Waals surface area contributed by atoms with Gasteiger partial charge in [0.1, 0.15) is 6.04 Å². The summed E-state index contributed by atoms with van der Waals surface area (Å²) in [6, 6.07) is -0.149. The van der Waals surface area contributed by atoms with E-state index in [1.807, 2.05) is 13.8 Å². The van der Waals surface area contributed by atoms with E-state index in [4.69, 9.17) is 9.84 Å². The molecule has 0 aromatic carbocycles. The molecule has 0 radical (unpaired) electrons. The number of nitrogens with one attached hydrogen (secondary N) is 1. The molecule has 15 heavy (non-hydrogen) atoms. The summed E-state index contributed by atoms with van der Waals surface area (Å²) in [4.78, 5) is 11.0. The number of ether oxygens (including phenoxy) is 1. The lowest BCUT2D eigenvalue weighted by Crippen LogP contribution is -2.45. The van der Waals surface area contributed by atoms with Gasteiger partial charge in [-0.3, -0.25) is 4.79 Å². The molecule has 1 aliphatic carbocycles. The van der Waals surface area contributed by atoms with Crippen molar-refractivity contribution in [2.45, 2.75) is 51.3 Å². The molecule has 1 saturated carbocycles. The summed E-state index contributed by atoms with van der Waals surface area (Å²) in [6.07, 6.45) is 3.25. The first kappa shape index (κ1) is 12.5. The molecule has 4 heteroatoms. The molecule has 0 bridgehead atoms. The second-order valence-electron chi connectivity index (χ2n) is 4.59. The van der Waals surface area contributed by atoms with Gasteiger partial charge in [-0.2, -0.15) is 0 Å². The third-order valence-electron chi connectivity index (χ3n) is 3.07. The van der Waals surface area contributed by atoms with Gasteiger partial charge in [-0.1, -0.05) is 13.8 Å². The SMILES string of the molecule is COC1CCC(NC(C(=O)O)C(C)C)C1. The number of carboxylic acid groups (broad SMARTS) is 1. The lowest BCUT2D eigenvalue weighted by atomic mass is 10.0. The Morgan fingerprint density at radius 3 is 2.53 bits per heavy atom. The quantitative estimate of drug-likeness (QED) is 0.724. The van der Waals surface area contributed by atoms with Gasteiger partial charge in [0.15, 0.2) is 0 Å². The van der Waals surface area contributed by atoms with Crippen LogP contribution in [0.4, 0.5) is 0 Å². The molecule has 0 aliphatic heterocycles. The van der Waals surface area contributed by atoms with Crippen LogP contribution < -0.4 is 5.32 Å². The summed E-state index contributed by atoms with van der Waals surface area (Å²) in [5.74, 6) is -0.644. The highest BCUT2D eigenvalue weighted by molar-refractivity contribution is 5.73. The maximum Gasteiger partial charge on any atom is 0.320 e. The molecule has 0 aromatic rings. The smallest absolute Gasteiger partial charge is 0.320 e. The van der Waals surface area contributed by atoms with E-state index in [9.17, 15) is 4.79 Å². The number of hydrogen-bond acceptors (Lipinski definition) is 3. The fourth-order valence-electron chi connectivity index (χ4n) is 2.11. The van der Waals surface area contributed by atoms with Gasteiger partial charge in [0.05, 0.1) is 6.10 Å². The van der Waals surface area contributed by atoms with E-state index in [1.54, 1.807) is 7.11 Å². The molecule has 0 spiro atoms. The third kappa shape index (κ3) is 3.47. The Morgan fingerprint density at radius 2 is 2.13 bits per heavy atom. The molecule has 0 amide bonds. The third-order valence-corrected chi connectivity index (χ3v) is 3.07. The number of aliphatic carboxylic acids is 1. The second kappa shape index (κ2) is 5.47. The van der Waals surface area contributed by atoms with E-state index in [0.29, 0.717) is 12.1 Å². The van der Waals surface area contributed by atoms with Gasteiger partial charge in [0.2, 0.25) is 0 Å². The molecule has 88 valence electrons. The minimum absolute atomic E-state index is 0.115. The maximum atomic E-state index is 11.0. The van der Waals surface area contributed by atoms with Crippen LogP contribution in [0.1, 0.15) is 33.1 Å². The van der Waals surface area contributed by atoms with Crippen molar-refractivity contribution in [3.05, 3.63) is 0 Å². The fourth-order valence-corrected chi connectivity index (χ4v) is 2.11. The molecule has 0 aromatic heterocycles. The summed E-state index contributed by atoms with van der Waals surface area (Å²) >= 11 is 0. The van der Waals surface area contributed by atoms with Crippen molar-refractivity contribution < 1.29 is 14.6 Å². The van der Waals surface area contributed by atoms with Crippen molar-refractivity contribution in [1.82, 2.24) is 5.32 Å². The second-order valence-corrected chi connectivity index (χ2v) is 4.59. The predicted molar refractivity (Wildman–Crippen MR) is 57.8 cm³/mol. The summed E-state index contributed by atoms with van der Waals surface area (Å²) in [6.45, 7) is 3.85. The minimum Gasteiger partial charge on any atom is -0.480 e. The van der Waals surface area contributed by atoms with Gasteiger partial charge in [0, 0.05) is 13.2 Å². The topological polar surface area (TPSA) is 58.6 Å². The molecule has 4 nitrogen and oxygen atoms in total. The first-order valence-electron chi connectivity index (χ1n) is 5.56. The summed E-state index contributed by atoms with van der Waals surface area (Å²) in [5.41, 5.74) is 0. The Balaban J connectivity index is 2.43. The normalized spacial score (nSPS) is 28.3. The highest BCUT2D eigenvalue weighted by Crippen LogP contribution is 2.22. The molecule has 1 aliphatic rings. The van der Waals surface area contributed by atoms with E-state index < -0.39 is 12.0 Å². The van der Waals surface area contributed by atoms with Crippen LogP contribution in [0.3, 0.4) is 0 Å². The average Bonchev–Trinajstić information content (AvgIpc) is 2.60. The Morgan fingerprint density at radius 1 is 1.47 bits per heavy atom.